The maximum atomic E-state index is 9.70. The minimum Gasteiger partial charge on any atom is -0.390 e. The van der Waals surface area contributed by atoms with Crippen molar-refractivity contribution in [3.05, 3.63) is 48.4 Å². The Kier molecular flexibility index (Phi) is 3.94. The summed E-state index contributed by atoms with van der Waals surface area (Å²) in [6.07, 6.45) is -0.359. The van der Waals surface area contributed by atoms with Gasteiger partial charge in [-0.1, -0.05) is 47.6 Å². The molecule has 1 unspecified atom stereocenters. The summed E-state index contributed by atoms with van der Waals surface area (Å²) in [6.45, 7) is 0.242. The highest BCUT2D eigenvalue weighted by molar-refractivity contribution is 5.94. The summed E-state index contributed by atoms with van der Waals surface area (Å²) in [7, 11) is 1.54. The first-order valence-electron chi connectivity index (χ1n) is 6.75. The van der Waals surface area contributed by atoms with Gasteiger partial charge in [0.25, 0.3) is 0 Å². The SMILES string of the molecule is COCC(O)Cc1nc(-c2cccc3ccccc23)no1. The predicted octanol–water partition coefficient (Wildman–Crippen LogP) is 2.44. The summed E-state index contributed by atoms with van der Waals surface area (Å²) in [4.78, 5) is 4.36. The van der Waals surface area contributed by atoms with Crippen molar-refractivity contribution in [2.75, 3.05) is 13.7 Å². The van der Waals surface area contributed by atoms with E-state index in [1.165, 1.54) is 0 Å². The van der Waals surface area contributed by atoms with Gasteiger partial charge >= 0.3 is 0 Å². The molecular formula is C16H16N2O3. The predicted molar refractivity (Wildman–Crippen MR) is 78.8 cm³/mol. The number of methoxy groups -OCH3 is 1. The molecule has 0 fully saturated rings. The molecule has 0 amide bonds. The molecule has 2 aromatic carbocycles. The second-order valence-electron chi connectivity index (χ2n) is 4.85. The topological polar surface area (TPSA) is 68.4 Å². The van der Waals surface area contributed by atoms with Crippen molar-refractivity contribution in [2.24, 2.45) is 0 Å². The van der Waals surface area contributed by atoms with Gasteiger partial charge in [-0.05, 0) is 10.8 Å². The third kappa shape index (κ3) is 2.94. The van der Waals surface area contributed by atoms with E-state index < -0.39 is 6.10 Å². The molecule has 0 aliphatic heterocycles. The van der Waals surface area contributed by atoms with E-state index in [1.54, 1.807) is 7.11 Å². The van der Waals surface area contributed by atoms with E-state index in [0.29, 0.717) is 11.7 Å². The Morgan fingerprint density at radius 2 is 2.00 bits per heavy atom. The number of aliphatic hydroxyl groups is 1. The number of ether oxygens (including phenoxy) is 1. The van der Waals surface area contributed by atoms with Crippen molar-refractivity contribution in [3.63, 3.8) is 0 Å². The van der Waals surface area contributed by atoms with Gasteiger partial charge < -0.3 is 14.4 Å². The number of hydrogen-bond acceptors (Lipinski definition) is 5. The van der Waals surface area contributed by atoms with Crippen LogP contribution in [0.15, 0.2) is 47.0 Å². The molecule has 1 N–H and O–H groups in total. The van der Waals surface area contributed by atoms with Gasteiger partial charge in [0.15, 0.2) is 0 Å². The molecule has 3 aromatic rings. The Hall–Kier alpha value is -2.24. The average molecular weight is 284 g/mol. The first-order valence-corrected chi connectivity index (χ1v) is 6.75. The lowest BCUT2D eigenvalue weighted by atomic mass is 10.0. The number of nitrogens with zero attached hydrogens (tertiary/aromatic N) is 2. The van der Waals surface area contributed by atoms with Crippen LogP contribution < -0.4 is 0 Å². The van der Waals surface area contributed by atoms with E-state index in [4.69, 9.17) is 9.26 Å². The number of aliphatic hydroxyl groups excluding tert-OH is 1. The Balaban J connectivity index is 1.91. The highest BCUT2D eigenvalue weighted by Gasteiger charge is 2.14. The summed E-state index contributed by atoms with van der Waals surface area (Å²) in [6, 6.07) is 14.0. The first kappa shape index (κ1) is 13.7. The fraction of sp³-hybridized carbons (Fsp3) is 0.250. The van der Waals surface area contributed by atoms with Crippen LogP contribution in [0.4, 0.5) is 0 Å². The Bertz CT molecular complexity index is 734. The van der Waals surface area contributed by atoms with Crippen LogP contribution in [0.1, 0.15) is 5.89 Å². The Labute approximate surface area is 122 Å². The van der Waals surface area contributed by atoms with Gasteiger partial charge in [-0.15, -0.1) is 0 Å². The van der Waals surface area contributed by atoms with Gasteiger partial charge in [-0.25, -0.2) is 0 Å². The summed E-state index contributed by atoms with van der Waals surface area (Å²) in [5.41, 5.74) is 0.921. The monoisotopic (exact) mass is 284 g/mol. The zero-order valence-corrected chi connectivity index (χ0v) is 11.7. The standard InChI is InChI=1S/C16H16N2O3/c1-20-10-12(19)9-15-17-16(18-21-15)14-8-4-6-11-5-2-3-7-13(11)14/h2-8,12,19H,9-10H2,1H3. The van der Waals surface area contributed by atoms with E-state index in [-0.39, 0.29) is 13.0 Å². The van der Waals surface area contributed by atoms with Gasteiger partial charge in [0.1, 0.15) is 0 Å². The van der Waals surface area contributed by atoms with Gasteiger partial charge in [0.05, 0.1) is 19.1 Å². The fourth-order valence-electron chi connectivity index (χ4n) is 2.32. The van der Waals surface area contributed by atoms with Gasteiger partial charge in [-0.2, -0.15) is 4.98 Å². The molecule has 1 heterocycles. The van der Waals surface area contributed by atoms with E-state index in [9.17, 15) is 5.11 Å². The highest BCUT2D eigenvalue weighted by atomic mass is 16.5. The summed E-state index contributed by atoms with van der Waals surface area (Å²) in [5, 5.41) is 15.9. The molecule has 0 radical (unpaired) electrons. The van der Waals surface area contributed by atoms with Crippen LogP contribution in [0.5, 0.6) is 0 Å². The lowest BCUT2D eigenvalue weighted by Gasteiger charge is -2.04. The maximum absolute atomic E-state index is 9.70. The molecule has 21 heavy (non-hydrogen) atoms. The molecule has 3 rings (SSSR count). The molecule has 1 atom stereocenters. The number of aromatic nitrogens is 2. The van der Waals surface area contributed by atoms with Crippen molar-refractivity contribution in [3.8, 4) is 11.4 Å². The molecule has 5 heteroatoms. The Morgan fingerprint density at radius 1 is 1.19 bits per heavy atom. The van der Waals surface area contributed by atoms with Crippen molar-refractivity contribution >= 4 is 10.8 Å². The van der Waals surface area contributed by atoms with Crippen molar-refractivity contribution in [1.82, 2.24) is 10.1 Å². The van der Waals surface area contributed by atoms with Gasteiger partial charge in [-0.3, -0.25) is 0 Å². The van der Waals surface area contributed by atoms with E-state index in [0.717, 1.165) is 16.3 Å². The van der Waals surface area contributed by atoms with E-state index >= 15 is 0 Å². The Morgan fingerprint density at radius 3 is 2.86 bits per heavy atom. The summed E-state index contributed by atoms with van der Waals surface area (Å²) < 4.78 is 10.1. The first-order chi connectivity index (χ1) is 10.3. The van der Waals surface area contributed by atoms with Crippen LogP contribution in [0.25, 0.3) is 22.2 Å². The number of fused-ring (bicyclic) bond motifs is 1. The van der Waals surface area contributed by atoms with Crippen LogP contribution in [0.3, 0.4) is 0 Å². The number of hydrogen-bond donors (Lipinski definition) is 1. The zero-order chi connectivity index (χ0) is 14.7. The highest BCUT2D eigenvalue weighted by Crippen LogP contribution is 2.26. The van der Waals surface area contributed by atoms with Gasteiger partial charge in [0, 0.05) is 12.7 Å². The van der Waals surface area contributed by atoms with Crippen LogP contribution in [-0.2, 0) is 11.2 Å². The van der Waals surface area contributed by atoms with Crippen molar-refractivity contribution < 1.29 is 14.4 Å². The lowest BCUT2D eigenvalue weighted by Crippen LogP contribution is -2.17. The fourth-order valence-corrected chi connectivity index (χ4v) is 2.32. The quantitative estimate of drug-likeness (QED) is 0.779. The molecule has 0 aliphatic carbocycles. The largest absolute Gasteiger partial charge is 0.390 e. The normalized spacial score (nSPS) is 12.7. The number of rotatable bonds is 5. The molecule has 0 bridgehead atoms. The zero-order valence-electron chi connectivity index (χ0n) is 11.7. The van der Waals surface area contributed by atoms with Crippen molar-refractivity contribution in [2.45, 2.75) is 12.5 Å². The van der Waals surface area contributed by atoms with Crippen LogP contribution in [0, 0.1) is 0 Å². The van der Waals surface area contributed by atoms with Gasteiger partial charge in [0.2, 0.25) is 11.7 Å². The molecule has 0 aliphatic rings. The van der Waals surface area contributed by atoms with Crippen LogP contribution in [-0.4, -0.2) is 35.1 Å². The third-order valence-electron chi connectivity index (χ3n) is 3.27. The average Bonchev–Trinajstić information content (AvgIpc) is 2.95. The van der Waals surface area contributed by atoms with Crippen molar-refractivity contribution in [1.29, 1.82) is 0 Å². The van der Waals surface area contributed by atoms with Crippen LogP contribution in [0.2, 0.25) is 0 Å². The third-order valence-corrected chi connectivity index (χ3v) is 3.27. The minimum atomic E-state index is -0.643. The minimum absolute atomic E-state index is 0.242. The molecular weight excluding hydrogens is 268 g/mol. The summed E-state index contributed by atoms with van der Waals surface area (Å²) >= 11 is 0. The molecule has 5 nitrogen and oxygen atoms in total. The summed E-state index contributed by atoms with van der Waals surface area (Å²) in [5.74, 6) is 0.939. The van der Waals surface area contributed by atoms with E-state index in [1.807, 2.05) is 42.5 Å². The van der Waals surface area contributed by atoms with E-state index in [2.05, 4.69) is 10.1 Å². The molecule has 1 aromatic heterocycles. The molecule has 0 spiro atoms. The molecule has 0 saturated carbocycles. The second kappa shape index (κ2) is 6.03. The molecule has 108 valence electrons. The smallest absolute Gasteiger partial charge is 0.229 e. The van der Waals surface area contributed by atoms with Crippen LogP contribution >= 0.6 is 0 Å². The maximum Gasteiger partial charge on any atom is 0.229 e. The number of benzene rings is 2. The second-order valence-corrected chi connectivity index (χ2v) is 4.85. The molecule has 0 saturated heterocycles. The lowest BCUT2D eigenvalue weighted by molar-refractivity contribution is 0.0599.